The minimum Gasteiger partial charge on any atom is -0.484 e. The molecule has 0 bridgehead atoms. The summed E-state index contributed by atoms with van der Waals surface area (Å²) in [6, 6.07) is 8.88. The van der Waals surface area contributed by atoms with E-state index in [0.717, 1.165) is 11.3 Å². The Morgan fingerprint density at radius 3 is 2.26 bits per heavy atom. The molecule has 27 heavy (non-hydrogen) atoms. The van der Waals surface area contributed by atoms with Crippen molar-refractivity contribution in [2.24, 2.45) is 0 Å². The van der Waals surface area contributed by atoms with E-state index in [9.17, 15) is 14.4 Å². The number of nitrogens with one attached hydrogen (secondary N) is 1. The van der Waals surface area contributed by atoms with Gasteiger partial charge in [-0.2, -0.15) is 0 Å². The molecule has 8 heteroatoms. The Bertz CT molecular complexity index is 815. The molecule has 0 radical (unpaired) electrons. The standard InChI is InChI=1S/C19H21NO6S/c1-4-24-18(22)15-12(3)16(19(23)25-5-2)27-17(15)20-14(21)11-26-13-9-7-6-8-10-13/h6-10H,4-5,11H2,1-3H3,(H,20,21). The van der Waals surface area contributed by atoms with E-state index in [1.807, 2.05) is 6.07 Å². The second-order valence-electron chi connectivity index (χ2n) is 5.35. The summed E-state index contributed by atoms with van der Waals surface area (Å²) >= 11 is 0.975. The number of benzene rings is 1. The predicted octanol–water partition coefficient (Wildman–Crippen LogP) is 3.43. The van der Waals surface area contributed by atoms with Crippen molar-refractivity contribution in [1.29, 1.82) is 0 Å². The van der Waals surface area contributed by atoms with Crippen molar-refractivity contribution >= 4 is 34.2 Å². The van der Waals surface area contributed by atoms with Crippen molar-refractivity contribution in [3.8, 4) is 5.75 Å². The number of ether oxygens (including phenoxy) is 3. The van der Waals surface area contributed by atoms with E-state index in [0.29, 0.717) is 11.3 Å². The van der Waals surface area contributed by atoms with Gasteiger partial charge < -0.3 is 19.5 Å². The number of anilines is 1. The van der Waals surface area contributed by atoms with Crippen LogP contribution in [0.3, 0.4) is 0 Å². The van der Waals surface area contributed by atoms with E-state index in [2.05, 4.69) is 5.32 Å². The zero-order chi connectivity index (χ0) is 19.8. The maximum Gasteiger partial charge on any atom is 0.348 e. The van der Waals surface area contributed by atoms with Crippen molar-refractivity contribution in [2.75, 3.05) is 25.1 Å². The summed E-state index contributed by atoms with van der Waals surface area (Å²) < 4.78 is 15.5. The van der Waals surface area contributed by atoms with Crippen LogP contribution in [-0.2, 0) is 14.3 Å². The van der Waals surface area contributed by atoms with Crippen LogP contribution in [-0.4, -0.2) is 37.7 Å². The highest BCUT2D eigenvalue weighted by molar-refractivity contribution is 7.18. The van der Waals surface area contributed by atoms with Crippen molar-refractivity contribution in [3.05, 3.63) is 46.3 Å². The minimum absolute atomic E-state index is 0.151. The number of esters is 2. The molecule has 1 amide bonds. The highest BCUT2D eigenvalue weighted by Gasteiger charge is 2.27. The average Bonchev–Trinajstić information content (AvgIpc) is 2.97. The summed E-state index contributed by atoms with van der Waals surface area (Å²) in [7, 11) is 0. The predicted molar refractivity (Wildman–Crippen MR) is 102 cm³/mol. The van der Waals surface area contributed by atoms with Gasteiger partial charge in [-0.1, -0.05) is 18.2 Å². The molecule has 2 aromatic rings. The highest BCUT2D eigenvalue weighted by atomic mass is 32.1. The first-order valence-electron chi connectivity index (χ1n) is 8.43. The van der Waals surface area contributed by atoms with Crippen LogP contribution < -0.4 is 10.1 Å². The van der Waals surface area contributed by atoms with Gasteiger partial charge in [0, 0.05) is 0 Å². The second kappa shape index (κ2) is 9.72. The van der Waals surface area contributed by atoms with Gasteiger partial charge in [0.25, 0.3) is 5.91 Å². The number of thiophene rings is 1. The minimum atomic E-state index is -0.610. The molecule has 0 saturated carbocycles. The normalized spacial score (nSPS) is 10.2. The van der Waals surface area contributed by atoms with Crippen LogP contribution in [0, 0.1) is 6.92 Å². The van der Waals surface area contributed by atoms with Gasteiger partial charge in [0.1, 0.15) is 15.6 Å². The third kappa shape index (κ3) is 5.30. The highest BCUT2D eigenvalue weighted by Crippen LogP contribution is 2.34. The van der Waals surface area contributed by atoms with Crippen LogP contribution in [0.1, 0.15) is 39.4 Å². The summed E-state index contributed by atoms with van der Waals surface area (Å²) in [6.07, 6.45) is 0. The van der Waals surface area contributed by atoms with E-state index in [1.165, 1.54) is 0 Å². The Balaban J connectivity index is 2.20. The number of hydrogen-bond acceptors (Lipinski definition) is 7. The summed E-state index contributed by atoms with van der Waals surface area (Å²) in [5.41, 5.74) is 0.564. The smallest absolute Gasteiger partial charge is 0.348 e. The van der Waals surface area contributed by atoms with Crippen molar-refractivity contribution in [2.45, 2.75) is 20.8 Å². The van der Waals surface area contributed by atoms with Crippen LogP contribution in [0.5, 0.6) is 5.75 Å². The van der Waals surface area contributed by atoms with Gasteiger partial charge in [-0.15, -0.1) is 11.3 Å². The molecule has 0 saturated heterocycles. The van der Waals surface area contributed by atoms with Crippen molar-refractivity contribution in [3.63, 3.8) is 0 Å². The molecule has 0 spiro atoms. The van der Waals surface area contributed by atoms with Crippen LogP contribution >= 0.6 is 11.3 Å². The number of amides is 1. The summed E-state index contributed by atoms with van der Waals surface area (Å²) in [5.74, 6) is -1.07. The van der Waals surface area contributed by atoms with Gasteiger partial charge in [-0.25, -0.2) is 9.59 Å². The molecule has 0 aliphatic carbocycles. The first kappa shape index (κ1) is 20.4. The topological polar surface area (TPSA) is 90.9 Å². The molecule has 2 rings (SSSR count). The van der Waals surface area contributed by atoms with Crippen LogP contribution in [0.4, 0.5) is 5.00 Å². The lowest BCUT2D eigenvalue weighted by molar-refractivity contribution is -0.118. The summed E-state index contributed by atoms with van der Waals surface area (Å²) in [6.45, 7) is 5.13. The molecule has 144 valence electrons. The maximum atomic E-state index is 12.3. The first-order valence-corrected chi connectivity index (χ1v) is 9.24. The number of para-hydroxylation sites is 1. The number of carbonyl (C=O) groups excluding carboxylic acids is 3. The molecule has 0 aliphatic heterocycles. The Hall–Kier alpha value is -2.87. The zero-order valence-electron chi connectivity index (χ0n) is 15.4. The third-order valence-corrected chi connectivity index (χ3v) is 4.64. The summed E-state index contributed by atoms with van der Waals surface area (Å²) in [5, 5.41) is 2.86. The molecule has 7 nitrogen and oxygen atoms in total. The van der Waals surface area contributed by atoms with Crippen molar-refractivity contribution < 1.29 is 28.6 Å². The molecule has 0 aliphatic rings. The van der Waals surface area contributed by atoms with E-state index < -0.39 is 17.8 Å². The fourth-order valence-electron chi connectivity index (χ4n) is 2.27. The molecule has 1 N–H and O–H groups in total. The second-order valence-corrected chi connectivity index (χ2v) is 6.37. The fourth-order valence-corrected chi connectivity index (χ4v) is 3.38. The number of rotatable bonds is 8. The van der Waals surface area contributed by atoms with E-state index in [-0.39, 0.29) is 35.3 Å². The maximum absolute atomic E-state index is 12.3. The zero-order valence-corrected chi connectivity index (χ0v) is 16.2. The Morgan fingerprint density at radius 2 is 1.63 bits per heavy atom. The molecule has 0 unspecified atom stereocenters. The van der Waals surface area contributed by atoms with Gasteiger partial charge in [0.05, 0.1) is 18.8 Å². The SMILES string of the molecule is CCOC(=O)c1sc(NC(=O)COc2ccccc2)c(C(=O)OCC)c1C. The molecule has 1 heterocycles. The molecular weight excluding hydrogens is 370 g/mol. The van der Waals surface area contributed by atoms with Gasteiger partial charge in [-0.3, -0.25) is 4.79 Å². The lowest BCUT2D eigenvalue weighted by Crippen LogP contribution is -2.21. The fraction of sp³-hybridized carbons (Fsp3) is 0.316. The van der Waals surface area contributed by atoms with Crippen molar-refractivity contribution in [1.82, 2.24) is 0 Å². The van der Waals surface area contributed by atoms with Gasteiger partial charge in [-0.05, 0) is 38.5 Å². The van der Waals surface area contributed by atoms with E-state index in [4.69, 9.17) is 14.2 Å². The van der Waals surface area contributed by atoms with E-state index in [1.54, 1.807) is 45.0 Å². The Labute approximate surface area is 161 Å². The van der Waals surface area contributed by atoms with Crippen LogP contribution in [0.15, 0.2) is 30.3 Å². The molecule has 1 aromatic carbocycles. The quantitative estimate of drug-likeness (QED) is 0.694. The third-order valence-electron chi connectivity index (χ3n) is 3.45. The molecule has 0 fully saturated rings. The lowest BCUT2D eigenvalue weighted by atomic mass is 10.1. The molecule has 0 atom stereocenters. The Kier molecular flexibility index (Phi) is 7.36. The number of carbonyl (C=O) groups is 3. The average molecular weight is 391 g/mol. The van der Waals surface area contributed by atoms with Gasteiger partial charge >= 0.3 is 11.9 Å². The van der Waals surface area contributed by atoms with Crippen LogP contribution in [0.25, 0.3) is 0 Å². The lowest BCUT2D eigenvalue weighted by Gasteiger charge is -2.08. The van der Waals surface area contributed by atoms with Crippen LogP contribution in [0.2, 0.25) is 0 Å². The molecule has 1 aromatic heterocycles. The monoisotopic (exact) mass is 391 g/mol. The largest absolute Gasteiger partial charge is 0.484 e. The summed E-state index contributed by atoms with van der Waals surface area (Å²) in [4.78, 5) is 36.9. The van der Waals surface area contributed by atoms with Gasteiger partial charge in [0.15, 0.2) is 6.61 Å². The van der Waals surface area contributed by atoms with Gasteiger partial charge in [0.2, 0.25) is 0 Å². The Morgan fingerprint density at radius 1 is 1.00 bits per heavy atom. The van der Waals surface area contributed by atoms with E-state index >= 15 is 0 Å². The number of hydrogen-bond donors (Lipinski definition) is 1. The molecular formula is C19H21NO6S. The first-order chi connectivity index (χ1) is 13.0.